The summed E-state index contributed by atoms with van der Waals surface area (Å²) in [6.07, 6.45) is 3.22. The predicted molar refractivity (Wildman–Crippen MR) is 108 cm³/mol. The van der Waals surface area contributed by atoms with Gasteiger partial charge in [0, 0.05) is 41.8 Å². The molecule has 0 spiro atoms. The van der Waals surface area contributed by atoms with E-state index >= 15 is 0 Å². The highest BCUT2D eigenvalue weighted by molar-refractivity contribution is 8.00. The number of amides is 1. The normalized spacial score (nSPS) is 50.8. The van der Waals surface area contributed by atoms with Gasteiger partial charge in [0.2, 0.25) is 5.91 Å². The summed E-state index contributed by atoms with van der Waals surface area (Å²) in [5.41, 5.74) is 0.202. The molecule has 0 bridgehead atoms. The van der Waals surface area contributed by atoms with E-state index in [1.165, 1.54) is 0 Å². The molecule has 0 aromatic heterocycles. The van der Waals surface area contributed by atoms with E-state index in [0.29, 0.717) is 30.2 Å². The molecule has 5 rings (SSSR count). The summed E-state index contributed by atoms with van der Waals surface area (Å²) >= 11 is 8.25. The molecular weight excluding hydrogens is 403 g/mol. The Balaban J connectivity index is 1.14. The number of fused-ring (bicyclic) bond motifs is 2. The smallest absolute Gasteiger partial charge is 0.239 e. The number of rotatable bonds is 3. The van der Waals surface area contributed by atoms with E-state index in [-0.39, 0.29) is 40.9 Å². The van der Waals surface area contributed by atoms with Crippen LogP contribution in [0.4, 0.5) is 4.39 Å². The number of thioether (sulfide) groups is 1. The topological polar surface area (TPSA) is 76.6 Å². The number of carbonyl (C=O) groups excluding carboxylic acids is 1. The number of aliphatic hydroxyl groups is 1. The maximum atomic E-state index is 13.8. The highest BCUT2D eigenvalue weighted by Gasteiger charge is 2.48. The minimum absolute atomic E-state index is 0.0340. The molecule has 158 valence electrons. The van der Waals surface area contributed by atoms with Crippen LogP contribution in [0.25, 0.3) is 0 Å². The van der Waals surface area contributed by atoms with Crippen LogP contribution >= 0.6 is 23.4 Å². The van der Waals surface area contributed by atoms with Crippen LogP contribution < -0.4 is 16.0 Å². The Morgan fingerprint density at radius 2 is 2.00 bits per heavy atom. The van der Waals surface area contributed by atoms with Crippen molar-refractivity contribution in [2.45, 2.75) is 91.1 Å². The van der Waals surface area contributed by atoms with Crippen LogP contribution in [-0.4, -0.2) is 81.6 Å². The first-order valence-corrected chi connectivity index (χ1v) is 12.0. The fourth-order valence-electron chi connectivity index (χ4n) is 5.59. The van der Waals surface area contributed by atoms with Crippen LogP contribution in [0.2, 0.25) is 0 Å². The average molecular weight is 433 g/mol. The van der Waals surface area contributed by atoms with Gasteiger partial charge in [0.15, 0.2) is 0 Å². The Bertz CT molecular complexity index is 612. The van der Waals surface area contributed by atoms with Crippen molar-refractivity contribution in [2.75, 3.05) is 13.1 Å². The van der Waals surface area contributed by atoms with Crippen LogP contribution in [0.1, 0.15) is 38.5 Å². The molecule has 0 radical (unpaired) electrons. The number of aliphatic hydroxyl groups excluding tert-OH is 1. The number of nitrogens with one attached hydrogen (secondary N) is 3. The average Bonchev–Trinajstić information content (AvgIpc) is 3.22. The molecule has 3 saturated heterocycles. The second-order valence-electron chi connectivity index (χ2n) is 9.20. The van der Waals surface area contributed by atoms with Gasteiger partial charge in [-0.2, -0.15) is 0 Å². The van der Waals surface area contributed by atoms with E-state index in [4.69, 9.17) is 11.6 Å². The molecule has 4 N–H and O–H groups in total. The van der Waals surface area contributed by atoms with Gasteiger partial charge in [-0.3, -0.25) is 15.4 Å². The zero-order valence-corrected chi connectivity index (χ0v) is 17.5. The van der Waals surface area contributed by atoms with E-state index < -0.39 is 6.17 Å². The molecule has 0 aromatic rings. The Morgan fingerprint density at radius 1 is 1.18 bits per heavy atom. The molecule has 3 aliphatic heterocycles. The number of piperidine rings is 1. The number of halogens is 2. The van der Waals surface area contributed by atoms with Crippen LogP contribution in [0, 0.1) is 5.92 Å². The summed E-state index contributed by atoms with van der Waals surface area (Å²) in [4.78, 5) is 15.1. The Kier molecular flexibility index (Phi) is 5.56. The van der Waals surface area contributed by atoms with Crippen molar-refractivity contribution in [1.82, 2.24) is 20.9 Å². The SMILES string of the molecule is O=C(C1CC2C(Cl)CC(F)CC2N1)N1CCC2NC(NC3CC(O)C3)SC2C1. The molecule has 5 fully saturated rings. The van der Waals surface area contributed by atoms with Crippen molar-refractivity contribution in [1.29, 1.82) is 0 Å². The first kappa shape index (κ1) is 19.8. The molecule has 3 heterocycles. The monoisotopic (exact) mass is 432 g/mol. The van der Waals surface area contributed by atoms with Crippen molar-refractivity contribution in [3.63, 3.8) is 0 Å². The van der Waals surface area contributed by atoms with Gasteiger partial charge in [0.25, 0.3) is 0 Å². The summed E-state index contributed by atoms with van der Waals surface area (Å²) in [5.74, 6) is 0.361. The molecule has 8 unspecified atom stereocenters. The minimum Gasteiger partial charge on any atom is -0.393 e. The van der Waals surface area contributed by atoms with Gasteiger partial charge in [0.05, 0.1) is 12.1 Å². The molecule has 9 heteroatoms. The number of carbonyl (C=O) groups is 1. The molecule has 8 atom stereocenters. The van der Waals surface area contributed by atoms with E-state index in [1.54, 1.807) is 0 Å². The summed E-state index contributed by atoms with van der Waals surface area (Å²) in [6, 6.07) is 0.636. The second-order valence-corrected chi connectivity index (χ2v) is 11.1. The number of hydrogen-bond donors (Lipinski definition) is 4. The van der Waals surface area contributed by atoms with Crippen LogP contribution in [0.15, 0.2) is 0 Å². The number of nitrogens with zero attached hydrogens (tertiary/aromatic N) is 1. The van der Waals surface area contributed by atoms with Crippen molar-refractivity contribution < 1.29 is 14.3 Å². The van der Waals surface area contributed by atoms with Gasteiger partial charge in [-0.25, -0.2) is 4.39 Å². The van der Waals surface area contributed by atoms with E-state index in [1.807, 2.05) is 16.7 Å². The van der Waals surface area contributed by atoms with Gasteiger partial charge >= 0.3 is 0 Å². The lowest BCUT2D eigenvalue weighted by Crippen LogP contribution is -2.55. The Morgan fingerprint density at radius 3 is 2.79 bits per heavy atom. The lowest BCUT2D eigenvalue weighted by Gasteiger charge is -2.35. The Hall–Kier alpha value is -0.120. The molecule has 2 saturated carbocycles. The van der Waals surface area contributed by atoms with Crippen molar-refractivity contribution in [3.8, 4) is 0 Å². The van der Waals surface area contributed by atoms with Gasteiger partial charge in [0.1, 0.15) is 11.7 Å². The third-order valence-corrected chi connectivity index (χ3v) is 9.11. The van der Waals surface area contributed by atoms with Crippen molar-refractivity contribution in [3.05, 3.63) is 0 Å². The molecule has 6 nitrogen and oxygen atoms in total. The molecular formula is C19H30ClFN4O2S. The minimum atomic E-state index is -0.858. The first-order valence-electron chi connectivity index (χ1n) is 10.6. The number of likely N-dealkylation sites (tertiary alicyclic amines) is 1. The second kappa shape index (κ2) is 7.85. The lowest BCUT2D eigenvalue weighted by atomic mass is 9.83. The lowest BCUT2D eigenvalue weighted by molar-refractivity contribution is -0.134. The van der Waals surface area contributed by atoms with E-state index in [2.05, 4.69) is 16.0 Å². The summed E-state index contributed by atoms with van der Waals surface area (Å²) in [7, 11) is 0. The largest absolute Gasteiger partial charge is 0.393 e. The van der Waals surface area contributed by atoms with Gasteiger partial charge in [-0.15, -0.1) is 23.4 Å². The van der Waals surface area contributed by atoms with Gasteiger partial charge in [-0.1, -0.05) is 0 Å². The zero-order valence-electron chi connectivity index (χ0n) is 15.9. The fraction of sp³-hybridized carbons (Fsp3) is 0.947. The third kappa shape index (κ3) is 3.81. The summed E-state index contributed by atoms with van der Waals surface area (Å²) in [5, 5.41) is 20.3. The third-order valence-electron chi connectivity index (χ3n) is 7.24. The molecule has 28 heavy (non-hydrogen) atoms. The summed E-state index contributed by atoms with van der Waals surface area (Å²) < 4.78 is 13.8. The zero-order chi connectivity index (χ0) is 19.4. The first-order chi connectivity index (χ1) is 13.5. The quantitative estimate of drug-likeness (QED) is 0.494. The Labute approximate surface area is 174 Å². The number of alkyl halides is 2. The summed E-state index contributed by atoms with van der Waals surface area (Å²) in [6.45, 7) is 1.53. The maximum Gasteiger partial charge on any atom is 0.239 e. The van der Waals surface area contributed by atoms with E-state index in [9.17, 15) is 14.3 Å². The maximum absolute atomic E-state index is 13.8. The highest BCUT2D eigenvalue weighted by Crippen LogP contribution is 2.39. The van der Waals surface area contributed by atoms with Crippen LogP contribution in [-0.2, 0) is 4.79 Å². The molecule has 2 aliphatic carbocycles. The molecule has 0 aromatic carbocycles. The van der Waals surface area contributed by atoms with Crippen LogP contribution in [0.3, 0.4) is 0 Å². The predicted octanol–water partition coefficient (Wildman–Crippen LogP) is 0.775. The standard InChI is InChI=1S/C19H30ClFN4O2S/c20-13-3-9(21)4-15-12(13)7-16(23-15)18(27)25-2-1-14-17(8-25)28-19(24-14)22-10-5-11(26)6-10/h9-17,19,22-24,26H,1-8H2. The van der Waals surface area contributed by atoms with Crippen molar-refractivity contribution >= 4 is 29.3 Å². The molecule has 5 aliphatic rings. The van der Waals surface area contributed by atoms with Crippen molar-refractivity contribution in [2.24, 2.45) is 5.92 Å². The van der Waals surface area contributed by atoms with Gasteiger partial charge < -0.3 is 15.3 Å². The molecule has 1 amide bonds. The number of hydrogen-bond acceptors (Lipinski definition) is 6. The highest BCUT2D eigenvalue weighted by atomic mass is 35.5. The van der Waals surface area contributed by atoms with Gasteiger partial charge in [-0.05, 0) is 44.4 Å². The van der Waals surface area contributed by atoms with E-state index in [0.717, 1.165) is 38.8 Å². The fourth-order valence-corrected chi connectivity index (χ4v) is 7.61. The van der Waals surface area contributed by atoms with Crippen LogP contribution in [0.5, 0.6) is 0 Å².